The Hall–Kier alpha value is -0.953. The normalized spacial score (nSPS) is 12.2. The maximum atomic E-state index is 13.3. The summed E-state index contributed by atoms with van der Waals surface area (Å²) in [6.45, 7) is 3.37. The zero-order chi connectivity index (χ0) is 14.1. The van der Waals surface area contributed by atoms with Crippen LogP contribution in [-0.4, -0.2) is 16.1 Å². The van der Waals surface area contributed by atoms with Gasteiger partial charge in [-0.05, 0) is 26.7 Å². The van der Waals surface area contributed by atoms with Crippen LogP contribution >= 0.6 is 0 Å². The third-order valence-corrected chi connectivity index (χ3v) is 3.94. The van der Waals surface area contributed by atoms with Crippen molar-refractivity contribution in [2.75, 3.05) is 0 Å². The fraction of sp³-hybridized carbons (Fsp3) is 0.455. The summed E-state index contributed by atoms with van der Waals surface area (Å²) < 4.78 is 70.4. The molecule has 102 valence electrons. The second kappa shape index (κ2) is 5.36. The molecule has 0 aliphatic heterocycles. The highest BCUT2D eigenvalue weighted by Crippen LogP contribution is 2.26. The first-order valence-corrected chi connectivity index (χ1v) is 6.08. The molecule has 7 heteroatoms. The molecule has 0 bridgehead atoms. The largest absolute Gasteiger partial charge is 0.423 e. The SMILES string of the molecule is CC(C)(CCc1c(F)c(F)c(F)c(F)c1F)O[SiH3]. The van der Waals surface area contributed by atoms with Gasteiger partial charge in [0.1, 0.15) is 10.5 Å². The van der Waals surface area contributed by atoms with Crippen LogP contribution in [-0.2, 0) is 10.8 Å². The minimum Gasteiger partial charge on any atom is -0.423 e. The number of halogens is 5. The second-order valence-electron chi connectivity index (χ2n) is 4.51. The predicted octanol–water partition coefficient (Wildman–Crippen LogP) is 2.39. The fourth-order valence-corrected chi connectivity index (χ4v) is 1.60. The van der Waals surface area contributed by atoms with E-state index in [0.717, 1.165) is 0 Å². The Morgan fingerprint density at radius 1 is 0.889 bits per heavy atom. The molecule has 1 rings (SSSR count). The first-order valence-electron chi connectivity index (χ1n) is 5.26. The van der Waals surface area contributed by atoms with Crippen molar-refractivity contribution in [1.82, 2.24) is 0 Å². The van der Waals surface area contributed by atoms with E-state index >= 15 is 0 Å². The Labute approximate surface area is 104 Å². The van der Waals surface area contributed by atoms with E-state index in [1.165, 1.54) is 0 Å². The van der Waals surface area contributed by atoms with E-state index in [1.54, 1.807) is 13.8 Å². The minimum absolute atomic E-state index is 0.162. The fourth-order valence-electron chi connectivity index (χ4n) is 1.40. The summed E-state index contributed by atoms with van der Waals surface area (Å²) >= 11 is 0. The first kappa shape index (κ1) is 15.1. The Morgan fingerprint density at radius 2 is 1.28 bits per heavy atom. The summed E-state index contributed by atoms with van der Waals surface area (Å²) in [5, 5.41) is 0. The van der Waals surface area contributed by atoms with Gasteiger partial charge in [-0.2, -0.15) is 0 Å². The molecule has 18 heavy (non-hydrogen) atoms. The molecule has 0 aromatic heterocycles. The average Bonchev–Trinajstić information content (AvgIpc) is 2.34. The van der Waals surface area contributed by atoms with Crippen LogP contribution < -0.4 is 0 Å². The monoisotopic (exact) mass is 284 g/mol. The van der Waals surface area contributed by atoms with Crippen LogP contribution in [0.15, 0.2) is 0 Å². The Morgan fingerprint density at radius 3 is 1.67 bits per heavy atom. The molecule has 0 aliphatic rings. The van der Waals surface area contributed by atoms with Crippen LogP contribution in [0.2, 0.25) is 0 Å². The van der Waals surface area contributed by atoms with E-state index in [0.29, 0.717) is 10.5 Å². The van der Waals surface area contributed by atoms with Crippen LogP contribution in [0.4, 0.5) is 22.0 Å². The maximum absolute atomic E-state index is 13.3. The molecule has 0 radical (unpaired) electrons. The summed E-state index contributed by atoms with van der Waals surface area (Å²) in [4.78, 5) is 0. The third-order valence-electron chi connectivity index (χ3n) is 2.83. The molecule has 0 atom stereocenters. The van der Waals surface area contributed by atoms with Crippen molar-refractivity contribution in [3.8, 4) is 0 Å². The molecule has 0 fully saturated rings. The van der Waals surface area contributed by atoms with Gasteiger partial charge in [-0.1, -0.05) is 0 Å². The molecule has 0 saturated carbocycles. The summed E-state index contributed by atoms with van der Waals surface area (Å²) in [5.41, 5.74) is -1.44. The van der Waals surface area contributed by atoms with E-state index in [4.69, 9.17) is 4.43 Å². The highest BCUT2D eigenvalue weighted by Gasteiger charge is 2.27. The van der Waals surface area contributed by atoms with Crippen LogP contribution in [0.25, 0.3) is 0 Å². The lowest BCUT2D eigenvalue weighted by atomic mass is 9.98. The van der Waals surface area contributed by atoms with Crippen molar-refractivity contribution in [1.29, 1.82) is 0 Å². The molecule has 1 aromatic rings. The Balaban J connectivity index is 3.11. The first-order chi connectivity index (χ1) is 8.21. The second-order valence-corrected chi connectivity index (χ2v) is 4.92. The van der Waals surface area contributed by atoms with Crippen LogP contribution in [0.1, 0.15) is 25.8 Å². The standard InChI is InChI=1S/C11H13F5OSi/c1-11(2,17-18)4-3-5-6(12)8(14)10(16)9(15)7(5)13/h3-4H2,1-2,18H3. The van der Waals surface area contributed by atoms with Gasteiger partial charge in [0.2, 0.25) is 5.82 Å². The summed E-state index contributed by atoms with van der Waals surface area (Å²) in [6, 6.07) is 0. The van der Waals surface area contributed by atoms with E-state index in [9.17, 15) is 22.0 Å². The van der Waals surface area contributed by atoms with Gasteiger partial charge >= 0.3 is 0 Å². The van der Waals surface area contributed by atoms with Gasteiger partial charge in [-0.25, -0.2) is 22.0 Å². The molecule has 0 heterocycles. The van der Waals surface area contributed by atoms with Crippen molar-refractivity contribution in [2.45, 2.75) is 32.3 Å². The highest BCUT2D eigenvalue weighted by molar-refractivity contribution is 5.98. The van der Waals surface area contributed by atoms with Crippen molar-refractivity contribution in [2.24, 2.45) is 0 Å². The number of hydrogen-bond donors (Lipinski definition) is 0. The Bertz CT molecular complexity index is 432. The topological polar surface area (TPSA) is 9.23 Å². The molecular weight excluding hydrogens is 271 g/mol. The van der Waals surface area contributed by atoms with Gasteiger partial charge in [0, 0.05) is 11.2 Å². The molecule has 0 amide bonds. The predicted molar refractivity (Wildman–Crippen MR) is 59.7 cm³/mol. The van der Waals surface area contributed by atoms with Crippen molar-refractivity contribution >= 4 is 10.5 Å². The van der Waals surface area contributed by atoms with Gasteiger partial charge in [0.25, 0.3) is 0 Å². The van der Waals surface area contributed by atoms with Gasteiger partial charge in [0.15, 0.2) is 23.3 Å². The average molecular weight is 284 g/mol. The van der Waals surface area contributed by atoms with Crippen molar-refractivity contribution in [3.63, 3.8) is 0 Å². The molecule has 1 aromatic carbocycles. The van der Waals surface area contributed by atoms with Gasteiger partial charge in [-0.15, -0.1) is 0 Å². The van der Waals surface area contributed by atoms with Crippen LogP contribution in [0, 0.1) is 29.1 Å². The maximum Gasteiger partial charge on any atom is 0.200 e. The molecule has 1 nitrogen and oxygen atoms in total. The lowest BCUT2D eigenvalue weighted by Gasteiger charge is -2.23. The minimum atomic E-state index is -2.13. The Kier molecular flexibility index (Phi) is 4.49. The van der Waals surface area contributed by atoms with Crippen LogP contribution in [0.5, 0.6) is 0 Å². The zero-order valence-electron chi connectivity index (χ0n) is 10.2. The smallest absolute Gasteiger partial charge is 0.200 e. The molecule has 0 aliphatic carbocycles. The zero-order valence-corrected chi connectivity index (χ0v) is 12.2. The van der Waals surface area contributed by atoms with Gasteiger partial charge in [0.05, 0.1) is 0 Å². The quantitative estimate of drug-likeness (QED) is 0.357. The van der Waals surface area contributed by atoms with E-state index in [-0.39, 0.29) is 12.8 Å². The molecule has 0 spiro atoms. The lowest BCUT2D eigenvalue weighted by molar-refractivity contribution is 0.112. The summed E-state index contributed by atoms with van der Waals surface area (Å²) in [5.74, 6) is -9.49. The molecule has 0 saturated heterocycles. The highest BCUT2D eigenvalue weighted by atomic mass is 28.2. The van der Waals surface area contributed by atoms with Crippen molar-refractivity contribution in [3.05, 3.63) is 34.6 Å². The van der Waals surface area contributed by atoms with Crippen molar-refractivity contribution < 1.29 is 26.4 Å². The van der Waals surface area contributed by atoms with Gasteiger partial charge in [-0.3, -0.25) is 0 Å². The number of rotatable bonds is 4. The molecular formula is C11H13F5OSi. The number of benzene rings is 1. The van der Waals surface area contributed by atoms with E-state index in [1.807, 2.05) is 0 Å². The van der Waals surface area contributed by atoms with Crippen LogP contribution in [0.3, 0.4) is 0 Å². The molecule has 0 N–H and O–H groups in total. The third kappa shape index (κ3) is 2.89. The van der Waals surface area contributed by atoms with E-state index < -0.39 is 40.3 Å². The van der Waals surface area contributed by atoms with Gasteiger partial charge < -0.3 is 4.43 Å². The number of hydrogen-bond acceptors (Lipinski definition) is 1. The summed E-state index contributed by atoms with van der Waals surface area (Å²) in [6.07, 6.45) is -0.115. The lowest BCUT2D eigenvalue weighted by Crippen LogP contribution is -2.24. The summed E-state index contributed by atoms with van der Waals surface area (Å²) in [7, 11) is 0.420. The molecule has 0 unspecified atom stereocenters. The van der Waals surface area contributed by atoms with E-state index in [2.05, 4.69) is 0 Å².